The Kier molecular flexibility index (Phi) is 7.43. The van der Waals surface area contributed by atoms with Crippen molar-refractivity contribution in [3.63, 3.8) is 0 Å². The Labute approximate surface area is 192 Å². The molecule has 0 spiro atoms. The molecule has 170 valence electrons. The van der Waals surface area contributed by atoms with E-state index in [1.54, 1.807) is 30.3 Å². The van der Waals surface area contributed by atoms with Crippen molar-refractivity contribution >= 4 is 29.1 Å². The number of nitrogens with one attached hydrogen (secondary N) is 1. The fourth-order valence-electron chi connectivity index (χ4n) is 3.88. The minimum atomic E-state index is -0.836. The van der Waals surface area contributed by atoms with Crippen LogP contribution in [0.4, 0.5) is 0 Å². The largest absolute Gasteiger partial charge is 0.872 e. The van der Waals surface area contributed by atoms with Crippen LogP contribution in [0.1, 0.15) is 23.6 Å². The number of ketones is 1. The molecule has 0 aromatic heterocycles. The van der Waals surface area contributed by atoms with Crippen LogP contribution in [0.25, 0.3) is 5.76 Å². The number of para-hydroxylation sites is 1. The van der Waals surface area contributed by atoms with Crippen LogP contribution in [0.15, 0.2) is 48.0 Å². The molecule has 7 nitrogen and oxygen atoms in total. The van der Waals surface area contributed by atoms with Crippen LogP contribution in [-0.2, 0) is 9.59 Å². The predicted molar refractivity (Wildman–Crippen MR) is 120 cm³/mol. The minimum Gasteiger partial charge on any atom is -0.872 e. The topological polar surface area (TPSA) is 83.3 Å². The van der Waals surface area contributed by atoms with Crippen LogP contribution in [0.3, 0.4) is 0 Å². The number of amides is 1. The summed E-state index contributed by atoms with van der Waals surface area (Å²) in [6.45, 7) is 1.16. The number of carbonyl (C=O) groups is 2. The van der Waals surface area contributed by atoms with Gasteiger partial charge in [0.15, 0.2) is 0 Å². The van der Waals surface area contributed by atoms with Crippen LogP contribution in [0.2, 0.25) is 5.02 Å². The Morgan fingerprint density at radius 2 is 1.78 bits per heavy atom. The number of methoxy groups -OCH3 is 2. The molecule has 0 saturated carbocycles. The molecule has 2 aromatic carbocycles. The van der Waals surface area contributed by atoms with Crippen LogP contribution in [-0.4, -0.2) is 58.0 Å². The zero-order valence-electron chi connectivity index (χ0n) is 18.6. The maximum Gasteiger partial charge on any atom is 0.295 e. The van der Waals surface area contributed by atoms with Gasteiger partial charge in [0.25, 0.3) is 5.91 Å². The Bertz CT molecular complexity index is 1050. The fraction of sp³-hybridized carbons (Fsp3) is 0.333. The van der Waals surface area contributed by atoms with Crippen molar-refractivity contribution in [1.29, 1.82) is 0 Å². The minimum absolute atomic E-state index is 0.0991. The van der Waals surface area contributed by atoms with Gasteiger partial charge in [-0.05, 0) is 23.8 Å². The lowest BCUT2D eigenvalue weighted by molar-refractivity contribution is -0.858. The molecule has 1 amide bonds. The van der Waals surface area contributed by atoms with Gasteiger partial charge in [0.2, 0.25) is 5.78 Å². The summed E-state index contributed by atoms with van der Waals surface area (Å²) in [4.78, 5) is 28.8. The molecule has 0 aliphatic carbocycles. The summed E-state index contributed by atoms with van der Waals surface area (Å²) in [7, 11) is 7.02. The van der Waals surface area contributed by atoms with Gasteiger partial charge in [0.05, 0.1) is 45.9 Å². The lowest BCUT2D eigenvalue weighted by Gasteiger charge is -2.28. The molecule has 1 aliphatic heterocycles. The molecule has 32 heavy (non-hydrogen) atoms. The summed E-state index contributed by atoms with van der Waals surface area (Å²) in [5, 5.41) is 13.7. The highest BCUT2D eigenvalue weighted by molar-refractivity contribution is 6.46. The van der Waals surface area contributed by atoms with Crippen LogP contribution >= 0.6 is 11.6 Å². The average Bonchev–Trinajstić information content (AvgIpc) is 3.03. The van der Waals surface area contributed by atoms with E-state index in [0.717, 1.165) is 6.54 Å². The molecule has 0 bridgehead atoms. The number of Topliss-reactive ketones (excluding diaryl/α,β-unsaturated/α-hetero) is 1. The van der Waals surface area contributed by atoms with Gasteiger partial charge < -0.3 is 24.4 Å². The van der Waals surface area contributed by atoms with Gasteiger partial charge in [0.1, 0.15) is 11.5 Å². The van der Waals surface area contributed by atoms with Gasteiger partial charge in [0, 0.05) is 24.1 Å². The summed E-state index contributed by atoms with van der Waals surface area (Å²) in [5.41, 5.74) is 0.707. The number of quaternary nitrogens is 1. The summed E-state index contributed by atoms with van der Waals surface area (Å²) < 4.78 is 10.6. The van der Waals surface area contributed by atoms with E-state index in [1.165, 1.54) is 36.2 Å². The highest BCUT2D eigenvalue weighted by atomic mass is 35.5. The zero-order valence-corrected chi connectivity index (χ0v) is 19.4. The van der Waals surface area contributed by atoms with Crippen molar-refractivity contribution in [3.05, 3.63) is 64.2 Å². The van der Waals surface area contributed by atoms with Crippen molar-refractivity contribution < 1.29 is 29.1 Å². The van der Waals surface area contributed by atoms with Crippen LogP contribution < -0.4 is 19.5 Å². The second kappa shape index (κ2) is 10.1. The van der Waals surface area contributed by atoms with Crippen LogP contribution in [0.5, 0.6) is 11.5 Å². The monoisotopic (exact) mass is 458 g/mol. The van der Waals surface area contributed by atoms with Gasteiger partial charge in [-0.1, -0.05) is 41.6 Å². The third kappa shape index (κ3) is 4.59. The van der Waals surface area contributed by atoms with Crippen molar-refractivity contribution in [3.8, 4) is 11.5 Å². The van der Waals surface area contributed by atoms with Crippen molar-refractivity contribution in [1.82, 2.24) is 4.90 Å². The van der Waals surface area contributed by atoms with E-state index in [1.807, 2.05) is 14.1 Å². The molecule has 8 heteroatoms. The van der Waals surface area contributed by atoms with Crippen LogP contribution in [0, 0.1) is 0 Å². The van der Waals surface area contributed by atoms with Crippen molar-refractivity contribution in [2.75, 3.05) is 41.4 Å². The van der Waals surface area contributed by atoms with E-state index < -0.39 is 23.5 Å². The van der Waals surface area contributed by atoms with Crippen molar-refractivity contribution in [2.24, 2.45) is 0 Å². The lowest BCUT2D eigenvalue weighted by atomic mass is 9.94. The molecule has 1 unspecified atom stereocenters. The first kappa shape index (κ1) is 23.6. The van der Waals surface area contributed by atoms with E-state index in [2.05, 4.69) is 0 Å². The second-order valence-electron chi connectivity index (χ2n) is 7.87. The van der Waals surface area contributed by atoms with Gasteiger partial charge in [-0.25, -0.2) is 0 Å². The molecule has 1 fully saturated rings. The number of carbonyl (C=O) groups excluding carboxylic acids is 2. The molecular formula is C24H27ClN2O5. The molecule has 1 atom stereocenters. The predicted octanol–water partition coefficient (Wildman–Crippen LogP) is 1.12. The van der Waals surface area contributed by atoms with Gasteiger partial charge in [-0.15, -0.1) is 0 Å². The molecule has 1 aliphatic rings. The Balaban J connectivity index is 2.15. The van der Waals surface area contributed by atoms with Gasteiger partial charge in [-0.3, -0.25) is 9.59 Å². The van der Waals surface area contributed by atoms with Gasteiger partial charge in [-0.2, -0.15) is 0 Å². The van der Waals surface area contributed by atoms with E-state index >= 15 is 0 Å². The standard InChI is InChI=1S/C24H27ClN2O5/c1-26(2)12-7-13-27-21(16-8-5-6-9-18(16)31-3)20(23(29)24(27)30)22(28)15-10-11-19(32-4)17(25)14-15/h5-6,8-11,14,21,28H,7,12-13H2,1-4H3/b22-20+. The highest BCUT2D eigenvalue weighted by Crippen LogP contribution is 2.42. The van der Waals surface area contributed by atoms with Crippen molar-refractivity contribution in [2.45, 2.75) is 12.5 Å². The van der Waals surface area contributed by atoms with E-state index in [-0.39, 0.29) is 16.2 Å². The summed E-state index contributed by atoms with van der Waals surface area (Å²) in [5.74, 6) is -1.10. The molecule has 1 saturated heterocycles. The third-order valence-electron chi connectivity index (χ3n) is 5.45. The summed E-state index contributed by atoms with van der Waals surface area (Å²) in [6, 6.07) is 10.8. The van der Waals surface area contributed by atoms with E-state index in [9.17, 15) is 14.7 Å². The number of likely N-dealkylation sites (tertiary alicyclic amines) is 1. The van der Waals surface area contributed by atoms with E-state index in [4.69, 9.17) is 21.1 Å². The maximum atomic E-state index is 13.5. The lowest BCUT2D eigenvalue weighted by Crippen LogP contribution is -3.05. The number of ether oxygens (including phenoxy) is 2. The Hall–Kier alpha value is -3.03. The molecule has 0 radical (unpaired) electrons. The first-order chi connectivity index (χ1) is 15.3. The smallest absolute Gasteiger partial charge is 0.295 e. The fourth-order valence-corrected chi connectivity index (χ4v) is 4.14. The number of nitrogens with zero attached hydrogens (tertiary/aromatic N) is 1. The maximum absolute atomic E-state index is 13.5. The number of halogens is 1. The molecule has 3 rings (SSSR count). The Morgan fingerprint density at radius 3 is 2.41 bits per heavy atom. The third-order valence-corrected chi connectivity index (χ3v) is 5.75. The first-order valence-corrected chi connectivity index (χ1v) is 10.7. The quantitative estimate of drug-likeness (QED) is 0.364. The number of benzene rings is 2. The SMILES string of the molecule is COc1ccc(/C([O-])=C2\C(=O)C(=O)N(CCC[NH+](C)C)C2c2ccccc2OC)cc1Cl. The normalized spacial score (nSPS) is 17.8. The highest BCUT2D eigenvalue weighted by Gasteiger charge is 2.45. The zero-order chi connectivity index (χ0) is 23.4. The summed E-state index contributed by atoms with van der Waals surface area (Å²) >= 11 is 6.20. The Morgan fingerprint density at radius 1 is 1.09 bits per heavy atom. The number of hydrogen-bond donors (Lipinski definition) is 1. The average molecular weight is 459 g/mol. The number of hydrogen-bond acceptors (Lipinski definition) is 5. The molecule has 2 aromatic rings. The molecule has 1 N–H and O–H groups in total. The second-order valence-corrected chi connectivity index (χ2v) is 8.28. The number of rotatable bonds is 8. The molecule has 1 heterocycles. The first-order valence-electron chi connectivity index (χ1n) is 10.3. The van der Waals surface area contributed by atoms with Gasteiger partial charge >= 0.3 is 0 Å². The summed E-state index contributed by atoms with van der Waals surface area (Å²) in [6.07, 6.45) is 0.683. The van der Waals surface area contributed by atoms with E-state index in [0.29, 0.717) is 30.0 Å². The molecular weight excluding hydrogens is 432 g/mol.